The number of phenols is 2. The van der Waals surface area contributed by atoms with Crippen LogP contribution in [0, 0.1) is 0 Å². The Morgan fingerprint density at radius 1 is 0.714 bits per heavy atom. The predicted molar refractivity (Wildman–Crippen MR) is 211 cm³/mol. The second-order valence-corrected chi connectivity index (χ2v) is 14.8. The largest absolute Gasteiger partial charge is 0.508 e. The van der Waals surface area contributed by atoms with E-state index in [1.165, 1.54) is 24.5 Å². The molecule has 0 atom stereocenters. The Bertz CT molecular complexity index is 2570. The first-order valence-electron chi connectivity index (χ1n) is 18.1. The number of aromatic hydroxyl groups is 2. The highest BCUT2D eigenvalue weighted by atomic mass is 19.4. The van der Waals surface area contributed by atoms with Crippen molar-refractivity contribution in [3.05, 3.63) is 140 Å². The molecule has 6 N–H and O–H groups in total. The van der Waals surface area contributed by atoms with Gasteiger partial charge in [-0.05, 0) is 77.8 Å². The molecule has 0 radical (unpaired) electrons. The van der Waals surface area contributed by atoms with E-state index in [0.29, 0.717) is 29.6 Å². The Morgan fingerprint density at radius 2 is 1.34 bits per heavy atom. The smallest absolute Gasteiger partial charge is 0.418 e. The molecule has 1 aliphatic rings. The van der Waals surface area contributed by atoms with E-state index in [9.17, 15) is 42.6 Å². The van der Waals surface area contributed by atoms with Crippen LogP contribution in [0.25, 0.3) is 21.8 Å². The molecule has 4 aromatic carbocycles. The van der Waals surface area contributed by atoms with Gasteiger partial charge in [-0.3, -0.25) is 19.2 Å². The SMILES string of the molecule is CC(C)(C)c1cccc(NC(=O)c2c[nH]c3cccc(O)c3c2=O)c1.O=C(Nc1cc(O)c(C2CCCCC2)cc1C(F)(F)F)c1c[nH]c2ccccc2c1=O. The molecule has 7 rings (SSSR count). The molecule has 0 aliphatic heterocycles. The van der Waals surface area contributed by atoms with Crippen molar-refractivity contribution >= 4 is 45.0 Å². The number of rotatable bonds is 5. The quantitative estimate of drug-likeness (QED) is 0.102. The van der Waals surface area contributed by atoms with Crippen LogP contribution in [-0.4, -0.2) is 32.0 Å². The summed E-state index contributed by atoms with van der Waals surface area (Å²) in [5, 5.41) is 25.6. The number of aromatic nitrogens is 2. The van der Waals surface area contributed by atoms with E-state index >= 15 is 0 Å². The molecular weight excluding hydrogens is 725 g/mol. The third-order valence-electron chi connectivity index (χ3n) is 9.92. The van der Waals surface area contributed by atoms with Gasteiger partial charge in [-0.25, -0.2) is 0 Å². The molecule has 0 saturated heterocycles. The number of para-hydroxylation sites is 1. The molecule has 10 nitrogen and oxygen atoms in total. The van der Waals surface area contributed by atoms with Crippen LogP contribution in [0.4, 0.5) is 24.5 Å². The lowest BCUT2D eigenvalue weighted by Crippen LogP contribution is -2.23. The number of phenolic OH excluding ortho intramolecular Hbond substituents is 2. The van der Waals surface area contributed by atoms with Crippen LogP contribution in [0.2, 0.25) is 0 Å². The van der Waals surface area contributed by atoms with Gasteiger partial charge in [0.05, 0.1) is 22.2 Å². The van der Waals surface area contributed by atoms with E-state index < -0.39 is 40.1 Å². The summed E-state index contributed by atoms with van der Waals surface area (Å²) in [5.74, 6) is -2.09. The molecule has 1 aliphatic carbocycles. The first-order valence-corrected chi connectivity index (χ1v) is 18.1. The summed E-state index contributed by atoms with van der Waals surface area (Å²) in [7, 11) is 0. The second kappa shape index (κ2) is 15.8. The van der Waals surface area contributed by atoms with Crippen molar-refractivity contribution in [1.29, 1.82) is 0 Å². The van der Waals surface area contributed by atoms with E-state index in [2.05, 4.69) is 41.4 Å². The van der Waals surface area contributed by atoms with Gasteiger partial charge < -0.3 is 30.8 Å². The van der Waals surface area contributed by atoms with Gasteiger partial charge in [-0.15, -0.1) is 0 Å². The van der Waals surface area contributed by atoms with E-state index in [0.717, 1.165) is 37.0 Å². The van der Waals surface area contributed by atoms with E-state index in [1.807, 2.05) is 18.2 Å². The highest BCUT2D eigenvalue weighted by Crippen LogP contribution is 2.44. The number of hydrogen-bond acceptors (Lipinski definition) is 6. The van der Waals surface area contributed by atoms with Crippen molar-refractivity contribution in [3.8, 4) is 11.5 Å². The van der Waals surface area contributed by atoms with Crippen molar-refractivity contribution in [2.75, 3.05) is 10.6 Å². The summed E-state index contributed by atoms with van der Waals surface area (Å²) in [6.07, 6.45) is 2.04. The Balaban J connectivity index is 0.000000194. The molecule has 2 aromatic heterocycles. The molecule has 2 heterocycles. The summed E-state index contributed by atoms with van der Waals surface area (Å²) in [6, 6.07) is 20.6. The van der Waals surface area contributed by atoms with Crippen LogP contribution in [-0.2, 0) is 11.6 Å². The van der Waals surface area contributed by atoms with Crippen molar-refractivity contribution in [1.82, 2.24) is 9.97 Å². The number of hydrogen-bond donors (Lipinski definition) is 6. The average Bonchev–Trinajstić information content (AvgIpc) is 3.15. The Morgan fingerprint density at radius 3 is 2.04 bits per heavy atom. The van der Waals surface area contributed by atoms with Gasteiger partial charge in [0.2, 0.25) is 10.9 Å². The second-order valence-electron chi connectivity index (χ2n) is 14.8. The zero-order valence-electron chi connectivity index (χ0n) is 30.9. The number of anilines is 2. The third kappa shape index (κ3) is 8.46. The van der Waals surface area contributed by atoms with E-state index in [1.54, 1.807) is 36.4 Å². The van der Waals surface area contributed by atoms with Gasteiger partial charge in [-0.1, -0.05) is 70.4 Å². The van der Waals surface area contributed by atoms with Gasteiger partial charge in [0, 0.05) is 35.1 Å². The van der Waals surface area contributed by atoms with Crippen LogP contribution in [0.15, 0.2) is 101 Å². The summed E-state index contributed by atoms with van der Waals surface area (Å²) >= 11 is 0. The fourth-order valence-corrected chi connectivity index (χ4v) is 6.89. The normalized spacial score (nSPS) is 13.5. The number of aromatic amines is 2. The molecule has 2 amide bonds. The monoisotopic (exact) mass is 766 g/mol. The van der Waals surface area contributed by atoms with E-state index in [-0.39, 0.29) is 50.3 Å². The van der Waals surface area contributed by atoms with Gasteiger partial charge in [0.25, 0.3) is 11.8 Å². The number of benzene rings is 4. The van der Waals surface area contributed by atoms with Crippen LogP contribution < -0.4 is 21.5 Å². The van der Waals surface area contributed by atoms with Crippen molar-refractivity contribution < 1.29 is 33.0 Å². The minimum absolute atomic E-state index is 0.0461. The fourth-order valence-electron chi connectivity index (χ4n) is 6.89. The molecular formula is C43H41F3N4O6. The molecule has 0 unspecified atom stereocenters. The molecule has 56 heavy (non-hydrogen) atoms. The molecule has 1 saturated carbocycles. The van der Waals surface area contributed by atoms with Crippen LogP contribution in [0.3, 0.4) is 0 Å². The highest BCUT2D eigenvalue weighted by molar-refractivity contribution is 6.07. The minimum atomic E-state index is -4.74. The van der Waals surface area contributed by atoms with Crippen molar-refractivity contribution in [2.24, 2.45) is 0 Å². The van der Waals surface area contributed by atoms with Crippen LogP contribution in [0.1, 0.15) is 96.2 Å². The molecule has 290 valence electrons. The number of alkyl halides is 3. The lowest BCUT2D eigenvalue weighted by molar-refractivity contribution is -0.137. The lowest BCUT2D eigenvalue weighted by atomic mass is 9.83. The van der Waals surface area contributed by atoms with Crippen molar-refractivity contribution in [2.45, 2.75) is 70.4 Å². The Labute approximate surface area is 319 Å². The van der Waals surface area contributed by atoms with Gasteiger partial charge in [-0.2, -0.15) is 13.2 Å². The lowest BCUT2D eigenvalue weighted by Gasteiger charge is -2.25. The Kier molecular flexibility index (Phi) is 11.1. The molecule has 6 aromatic rings. The summed E-state index contributed by atoms with van der Waals surface area (Å²) in [4.78, 5) is 56.1. The van der Waals surface area contributed by atoms with E-state index in [4.69, 9.17) is 0 Å². The number of carbonyl (C=O) groups excluding carboxylic acids is 2. The molecule has 0 bridgehead atoms. The number of H-pyrrole nitrogens is 2. The number of fused-ring (bicyclic) bond motifs is 2. The fraction of sp³-hybridized carbons (Fsp3) is 0.256. The van der Waals surface area contributed by atoms with Gasteiger partial charge in [0.1, 0.15) is 22.6 Å². The number of carbonyl (C=O) groups is 2. The number of pyridine rings is 2. The standard InChI is InChI=1S/C23H21F3N2O3.C20H20N2O3/c24-23(25,26)17-10-15(13-6-2-1-3-7-13)20(29)11-19(17)28-22(31)16-12-27-18-9-5-4-8-14(18)21(16)30;1-20(2,3)12-6-4-7-13(10-12)22-19(25)14-11-21-15-8-5-9-16(23)17(15)18(14)24/h4-5,8-13,29H,1-3,6-7H2,(H,27,30)(H,28,31);4-11,23H,1-3H3,(H,21,24)(H,22,25). The van der Waals surface area contributed by atoms with Gasteiger partial charge >= 0.3 is 6.18 Å². The number of amides is 2. The topological polar surface area (TPSA) is 164 Å². The maximum atomic E-state index is 13.8. The molecule has 1 fully saturated rings. The zero-order valence-corrected chi connectivity index (χ0v) is 30.9. The van der Waals surface area contributed by atoms with Crippen LogP contribution >= 0.6 is 0 Å². The molecule has 0 spiro atoms. The average molecular weight is 767 g/mol. The summed E-state index contributed by atoms with van der Waals surface area (Å²) < 4.78 is 41.3. The maximum absolute atomic E-state index is 13.8. The number of halogens is 3. The summed E-state index contributed by atoms with van der Waals surface area (Å²) in [6.45, 7) is 6.26. The third-order valence-corrected chi connectivity index (χ3v) is 9.92. The number of nitrogens with one attached hydrogen (secondary N) is 4. The van der Waals surface area contributed by atoms with Gasteiger partial charge in [0.15, 0.2) is 0 Å². The first kappa shape index (κ1) is 39.3. The zero-order chi connectivity index (χ0) is 40.4. The minimum Gasteiger partial charge on any atom is -0.508 e. The van der Waals surface area contributed by atoms with Crippen molar-refractivity contribution in [3.63, 3.8) is 0 Å². The first-order chi connectivity index (χ1) is 26.5. The maximum Gasteiger partial charge on any atom is 0.418 e. The molecule has 13 heteroatoms. The predicted octanol–water partition coefficient (Wildman–Crippen LogP) is 9.34. The Hall–Kier alpha value is -6.37. The van der Waals surface area contributed by atoms with Crippen LogP contribution in [0.5, 0.6) is 11.5 Å². The summed E-state index contributed by atoms with van der Waals surface area (Å²) in [5.41, 5.74) is -0.201. The highest BCUT2D eigenvalue weighted by Gasteiger charge is 2.36.